The average Bonchev–Trinajstić information content (AvgIpc) is 3.17. The van der Waals surface area contributed by atoms with Gasteiger partial charge in [-0.3, -0.25) is 0 Å². The molecule has 0 amide bonds. The van der Waals surface area contributed by atoms with Gasteiger partial charge in [0, 0.05) is 36.0 Å². The van der Waals surface area contributed by atoms with E-state index in [1.807, 2.05) is 31.2 Å². The first-order valence-corrected chi connectivity index (χ1v) is 10.1. The van der Waals surface area contributed by atoms with Gasteiger partial charge in [0.1, 0.15) is 5.58 Å². The van der Waals surface area contributed by atoms with Crippen LogP contribution in [-0.2, 0) is 23.7 Å². The maximum Gasteiger partial charge on any atom is 0.370 e. The van der Waals surface area contributed by atoms with Crippen molar-refractivity contribution in [2.45, 2.75) is 25.6 Å². The molecule has 0 fully saturated rings. The number of ether oxygens (including phenoxy) is 4. The van der Waals surface area contributed by atoms with E-state index in [2.05, 4.69) is 0 Å². The van der Waals surface area contributed by atoms with Gasteiger partial charge >= 0.3 is 5.97 Å². The highest BCUT2D eigenvalue weighted by Gasteiger charge is 2.39. The third-order valence-electron chi connectivity index (χ3n) is 5.00. The number of rotatable bonds is 12. The number of aliphatic carboxylic acids is 1. The number of carboxylic acid groups (broad SMARTS) is 1. The number of aliphatic hydroxyl groups excluding tert-OH is 1. The molecule has 0 spiro atoms. The van der Waals surface area contributed by atoms with Crippen molar-refractivity contribution in [1.29, 1.82) is 0 Å². The van der Waals surface area contributed by atoms with Crippen LogP contribution < -0.4 is 0 Å². The fraction of sp³-hybridized carbons (Fsp3) is 0.500. The molecule has 1 aromatic carbocycles. The Hall–Kier alpha value is -2.39. The van der Waals surface area contributed by atoms with Crippen LogP contribution in [0.25, 0.3) is 11.0 Å². The molecule has 1 aliphatic heterocycles. The number of para-hydroxylation sites is 1. The summed E-state index contributed by atoms with van der Waals surface area (Å²) in [6.45, 7) is 3.73. The first kappa shape index (κ1) is 22.3. The zero-order valence-electron chi connectivity index (χ0n) is 17.0. The third kappa shape index (κ3) is 5.40. The maximum absolute atomic E-state index is 11.6. The number of hydrogen-bond donors (Lipinski definition) is 2. The molecule has 8 heteroatoms. The van der Waals surface area contributed by atoms with Crippen molar-refractivity contribution < 1.29 is 38.4 Å². The molecule has 0 unspecified atom stereocenters. The van der Waals surface area contributed by atoms with E-state index < -0.39 is 12.3 Å². The summed E-state index contributed by atoms with van der Waals surface area (Å²) in [6, 6.07) is 7.66. The third-order valence-corrected chi connectivity index (χ3v) is 5.00. The van der Waals surface area contributed by atoms with Crippen molar-refractivity contribution in [3.63, 3.8) is 0 Å². The van der Waals surface area contributed by atoms with Gasteiger partial charge in [0.2, 0.25) is 12.0 Å². The topological polar surface area (TPSA) is 108 Å². The van der Waals surface area contributed by atoms with Crippen molar-refractivity contribution in [2.75, 3.05) is 39.6 Å². The molecule has 8 nitrogen and oxygen atoms in total. The van der Waals surface area contributed by atoms with E-state index in [1.165, 1.54) is 0 Å². The van der Waals surface area contributed by atoms with Crippen molar-refractivity contribution >= 4 is 16.9 Å². The van der Waals surface area contributed by atoms with Crippen molar-refractivity contribution in [2.24, 2.45) is 5.92 Å². The first-order chi connectivity index (χ1) is 14.7. The molecule has 0 saturated heterocycles. The van der Waals surface area contributed by atoms with Gasteiger partial charge in [-0.25, -0.2) is 4.79 Å². The second-order valence-corrected chi connectivity index (χ2v) is 6.89. The standard InChI is InChI=1S/C22H28O8/c1-2-28-22-16(7-9-26-11-12-27-10-8-23)17(13-20(30-22)21(24)25)18-14-29-19-6-4-3-5-15(18)19/h3-6,13-14,16-17,22-23H,2,7-12H2,1H3,(H,24,25)/t16-,17-,22+/m0/s1. The fourth-order valence-electron chi connectivity index (χ4n) is 3.65. The van der Waals surface area contributed by atoms with Crippen LogP contribution in [-0.4, -0.2) is 62.1 Å². The van der Waals surface area contributed by atoms with Gasteiger partial charge in [-0.2, -0.15) is 0 Å². The molecule has 1 aromatic heterocycles. The molecule has 164 valence electrons. The lowest BCUT2D eigenvalue weighted by molar-refractivity contribution is -0.174. The van der Waals surface area contributed by atoms with Gasteiger partial charge in [-0.05, 0) is 25.5 Å². The summed E-state index contributed by atoms with van der Waals surface area (Å²) in [4.78, 5) is 11.6. The highest BCUT2D eigenvalue weighted by atomic mass is 16.7. The molecule has 2 heterocycles. The van der Waals surface area contributed by atoms with E-state index in [9.17, 15) is 9.90 Å². The normalized spacial score (nSPS) is 21.4. The van der Waals surface area contributed by atoms with Crippen LogP contribution >= 0.6 is 0 Å². The number of allylic oxidation sites excluding steroid dienone is 1. The van der Waals surface area contributed by atoms with Gasteiger partial charge in [0.05, 0.1) is 32.7 Å². The summed E-state index contributed by atoms with van der Waals surface area (Å²) < 4.78 is 28.0. The highest BCUT2D eigenvalue weighted by Crippen LogP contribution is 2.41. The zero-order valence-corrected chi connectivity index (χ0v) is 17.0. The van der Waals surface area contributed by atoms with E-state index in [1.54, 1.807) is 12.3 Å². The summed E-state index contributed by atoms with van der Waals surface area (Å²) in [5.74, 6) is -1.68. The average molecular weight is 420 g/mol. The molecule has 3 rings (SSSR count). The van der Waals surface area contributed by atoms with Gasteiger partial charge in [-0.15, -0.1) is 0 Å². The van der Waals surface area contributed by atoms with Crippen LogP contribution in [0.1, 0.15) is 24.8 Å². The number of fused-ring (bicyclic) bond motifs is 1. The number of carbonyl (C=O) groups is 1. The summed E-state index contributed by atoms with van der Waals surface area (Å²) in [5.41, 5.74) is 1.64. The molecule has 3 atom stereocenters. The highest BCUT2D eigenvalue weighted by molar-refractivity contribution is 5.86. The SMILES string of the molecule is CCO[C@@H]1OC(C(=O)O)=C[C@H](c2coc3ccccc23)[C@@H]1CCOCCOCCO. The second-order valence-electron chi connectivity index (χ2n) is 6.89. The van der Waals surface area contributed by atoms with Gasteiger partial charge < -0.3 is 33.6 Å². The molecular weight excluding hydrogens is 392 g/mol. The van der Waals surface area contributed by atoms with Crippen LogP contribution in [0.2, 0.25) is 0 Å². The number of aliphatic hydroxyl groups is 1. The molecular formula is C22H28O8. The Kier molecular flexibility index (Phi) is 8.27. The van der Waals surface area contributed by atoms with Gasteiger partial charge in [0.25, 0.3) is 0 Å². The van der Waals surface area contributed by atoms with Crippen LogP contribution in [0.4, 0.5) is 0 Å². The van der Waals surface area contributed by atoms with Gasteiger partial charge in [0.15, 0.2) is 0 Å². The van der Waals surface area contributed by atoms with Crippen molar-refractivity contribution in [1.82, 2.24) is 0 Å². The molecule has 0 bridgehead atoms. The number of benzene rings is 1. The van der Waals surface area contributed by atoms with E-state index in [0.29, 0.717) is 32.8 Å². The Balaban J connectivity index is 1.80. The summed E-state index contributed by atoms with van der Waals surface area (Å²) in [6.07, 6.45) is 3.19. The molecule has 0 aliphatic carbocycles. The predicted octanol–water partition coefficient (Wildman–Crippen LogP) is 2.91. The Bertz CT molecular complexity index is 843. The van der Waals surface area contributed by atoms with Gasteiger partial charge in [-0.1, -0.05) is 18.2 Å². The van der Waals surface area contributed by atoms with E-state index >= 15 is 0 Å². The Labute approximate surface area is 175 Å². The lowest BCUT2D eigenvalue weighted by atomic mass is 9.81. The monoisotopic (exact) mass is 420 g/mol. The molecule has 2 N–H and O–H groups in total. The van der Waals surface area contributed by atoms with Crippen molar-refractivity contribution in [3.8, 4) is 0 Å². The number of carboxylic acids is 1. The molecule has 0 saturated carbocycles. The van der Waals surface area contributed by atoms with E-state index in [4.69, 9.17) is 28.5 Å². The summed E-state index contributed by atoms with van der Waals surface area (Å²) >= 11 is 0. The lowest BCUT2D eigenvalue weighted by Gasteiger charge is -2.36. The largest absolute Gasteiger partial charge is 0.475 e. The summed E-state index contributed by atoms with van der Waals surface area (Å²) in [7, 11) is 0. The number of hydrogen-bond acceptors (Lipinski definition) is 7. The maximum atomic E-state index is 11.6. The quantitative estimate of drug-likeness (QED) is 0.505. The van der Waals surface area contributed by atoms with Crippen molar-refractivity contribution in [3.05, 3.63) is 47.9 Å². The Morgan fingerprint density at radius 3 is 2.63 bits per heavy atom. The molecule has 30 heavy (non-hydrogen) atoms. The first-order valence-electron chi connectivity index (χ1n) is 10.1. The Morgan fingerprint density at radius 1 is 1.13 bits per heavy atom. The fourth-order valence-corrected chi connectivity index (χ4v) is 3.65. The molecule has 0 radical (unpaired) electrons. The number of furan rings is 1. The molecule has 2 aromatic rings. The summed E-state index contributed by atoms with van der Waals surface area (Å²) in [5, 5.41) is 19.2. The van der Waals surface area contributed by atoms with Crippen LogP contribution in [0.5, 0.6) is 0 Å². The minimum absolute atomic E-state index is 0.0198. The Morgan fingerprint density at radius 2 is 1.90 bits per heavy atom. The lowest BCUT2D eigenvalue weighted by Crippen LogP contribution is -2.37. The van der Waals surface area contributed by atoms with Crippen LogP contribution in [0.3, 0.4) is 0 Å². The minimum atomic E-state index is -1.13. The van der Waals surface area contributed by atoms with Crippen LogP contribution in [0.15, 0.2) is 46.8 Å². The zero-order chi connectivity index (χ0) is 21.3. The minimum Gasteiger partial charge on any atom is -0.475 e. The predicted molar refractivity (Wildman–Crippen MR) is 108 cm³/mol. The van der Waals surface area contributed by atoms with E-state index in [0.717, 1.165) is 16.5 Å². The molecule has 1 aliphatic rings. The van der Waals surface area contributed by atoms with Crippen LogP contribution in [0, 0.1) is 5.92 Å². The van der Waals surface area contributed by atoms with E-state index in [-0.39, 0.29) is 30.8 Å². The second kappa shape index (κ2) is 11.1. The smallest absolute Gasteiger partial charge is 0.370 e.